The van der Waals surface area contributed by atoms with E-state index in [4.69, 9.17) is 0 Å². The summed E-state index contributed by atoms with van der Waals surface area (Å²) in [5.74, 6) is -0.773. The van der Waals surface area contributed by atoms with Crippen molar-refractivity contribution in [2.75, 3.05) is 32.7 Å². The maximum atomic E-state index is 12.9. The highest BCUT2D eigenvalue weighted by Crippen LogP contribution is 2.26. The topological polar surface area (TPSA) is 71.3 Å². The van der Waals surface area contributed by atoms with Crippen molar-refractivity contribution in [3.63, 3.8) is 0 Å². The summed E-state index contributed by atoms with van der Waals surface area (Å²) >= 11 is 0. The number of para-hydroxylation sites is 1. The predicted molar refractivity (Wildman–Crippen MR) is 114 cm³/mol. The van der Waals surface area contributed by atoms with Gasteiger partial charge in [0, 0.05) is 11.9 Å². The summed E-state index contributed by atoms with van der Waals surface area (Å²) in [7, 11) is 0. The molecule has 0 spiro atoms. The Morgan fingerprint density at radius 2 is 1.90 bits per heavy atom. The lowest BCUT2D eigenvalue weighted by Crippen LogP contribution is -3.00. The number of aromatic nitrogens is 1. The monoisotopic (exact) mass is 513 g/mol. The van der Waals surface area contributed by atoms with Gasteiger partial charge in [-0.15, -0.1) is 0 Å². The number of fused-ring (bicyclic) bond motifs is 1. The van der Waals surface area contributed by atoms with Crippen LogP contribution in [0.25, 0.3) is 10.9 Å². The first kappa shape index (κ1) is 25.2. The second kappa shape index (κ2) is 11.3. The zero-order valence-electron chi connectivity index (χ0n) is 17.6. The summed E-state index contributed by atoms with van der Waals surface area (Å²) in [4.78, 5) is 25.7. The Bertz CT molecular complexity index is 904. The van der Waals surface area contributed by atoms with Gasteiger partial charge >= 0.3 is 0 Å². The summed E-state index contributed by atoms with van der Waals surface area (Å²) in [5.41, 5.74) is 0.0115. The standard InChI is InChI=1S/C22H31N3O3.HI/c1-5-14-24-18-12-10-9-11-17(18)20(26)19(22(24)28)21(27)23-13-16-25(7-3,8-4)15-6-2;/h6,9-12H,2,5,7-8,13-16H2,1,3-4H3,(H-,23,26,27,28);1H. The molecule has 29 heavy (non-hydrogen) atoms. The van der Waals surface area contributed by atoms with E-state index < -0.39 is 11.5 Å². The van der Waals surface area contributed by atoms with E-state index in [0.29, 0.717) is 24.0 Å². The number of benzene rings is 1. The third-order valence-corrected chi connectivity index (χ3v) is 5.55. The summed E-state index contributed by atoms with van der Waals surface area (Å²) in [5, 5.41) is 14.0. The van der Waals surface area contributed by atoms with Crippen molar-refractivity contribution in [1.29, 1.82) is 0 Å². The molecule has 0 aliphatic rings. The zero-order valence-corrected chi connectivity index (χ0v) is 19.7. The Morgan fingerprint density at radius 3 is 2.48 bits per heavy atom. The molecular weight excluding hydrogens is 481 g/mol. The second-order valence-corrected chi connectivity index (χ2v) is 7.12. The number of rotatable bonds is 10. The third-order valence-electron chi connectivity index (χ3n) is 5.55. The average molecular weight is 513 g/mol. The Hall–Kier alpha value is -1.87. The Kier molecular flexibility index (Phi) is 9.85. The van der Waals surface area contributed by atoms with Gasteiger partial charge in [-0.2, -0.15) is 0 Å². The molecule has 1 aromatic carbocycles. The summed E-state index contributed by atoms with van der Waals surface area (Å²) < 4.78 is 2.38. The van der Waals surface area contributed by atoms with Crippen LogP contribution in [0.4, 0.5) is 0 Å². The van der Waals surface area contributed by atoms with Crippen molar-refractivity contribution < 1.29 is 38.4 Å². The van der Waals surface area contributed by atoms with Gasteiger partial charge in [0.2, 0.25) is 0 Å². The van der Waals surface area contributed by atoms with Gasteiger partial charge in [0.05, 0.1) is 38.2 Å². The van der Waals surface area contributed by atoms with E-state index in [9.17, 15) is 14.7 Å². The van der Waals surface area contributed by atoms with Gasteiger partial charge in [-0.3, -0.25) is 9.59 Å². The molecule has 1 heterocycles. The van der Waals surface area contributed by atoms with Gasteiger partial charge in [0.15, 0.2) is 0 Å². The molecule has 0 saturated carbocycles. The van der Waals surface area contributed by atoms with Crippen LogP contribution in [0.3, 0.4) is 0 Å². The number of hydrogen-bond acceptors (Lipinski definition) is 3. The number of nitrogens with zero attached hydrogens (tertiary/aromatic N) is 2. The minimum atomic E-state index is -0.526. The molecule has 2 aromatic rings. The van der Waals surface area contributed by atoms with Crippen LogP contribution in [0.1, 0.15) is 37.6 Å². The molecular formula is C22H32IN3O3. The molecule has 0 bridgehead atoms. The predicted octanol–water partition coefficient (Wildman–Crippen LogP) is -0.106. The lowest BCUT2D eigenvalue weighted by atomic mass is 10.1. The minimum Gasteiger partial charge on any atom is -1.00 e. The fourth-order valence-corrected chi connectivity index (χ4v) is 3.70. The number of amides is 1. The highest BCUT2D eigenvalue weighted by atomic mass is 127. The average Bonchev–Trinajstić information content (AvgIpc) is 2.70. The van der Waals surface area contributed by atoms with Crippen molar-refractivity contribution in [2.45, 2.75) is 33.7 Å². The van der Waals surface area contributed by atoms with Crippen molar-refractivity contribution in [3.8, 4) is 5.75 Å². The third kappa shape index (κ3) is 5.39. The first-order valence-electron chi connectivity index (χ1n) is 10.0. The van der Waals surface area contributed by atoms with Gasteiger partial charge in [-0.25, -0.2) is 0 Å². The highest BCUT2D eigenvalue weighted by molar-refractivity contribution is 6.02. The van der Waals surface area contributed by atoms with E-state index >= 15 is 0 Å². The van der Waals surface area contributed by atoms with E-state index in [0.717, 1.165) is 37.1 Å². The van der Waals surface area contributed by atoms with Gasteiger partial charge in [-0.1, -0.05) is 25.6 Å². The van der Waals surface area contributed by atoms with Crippen LogP contribution in [0.15, 0.2) is 41.7 Å². The molecule has 0 aliphatic heterocycles. The van der Waals surface area contributed by atoms with Crippen LogP contribution < -0.4 is 34.9 Å². The Balaban J connectivity index is 0.00000420. The van der Waals surface area contributed by atoms with Crippen molar-refractivity contribution in [3.05, 3.63) is 52.8 Å². The Morgan fingerprint density at radius 1 is 1.24 bits per heavy atom. The number of hydrogen-bond donors (Lipinski definition) is 2. The van der Waals surface area contributed by atoms with Crippen LogP contribution in [0.5, 0.6) is 5.75 Å². The van der Waals surface area contributed by atoms with E-state index in [-0.39, 0.29) is 35.3 Å². The smallest absolute Gasteiger partial charge is 0.267 e. The number of aromatic hydroxyl groups is 1. The SMILES string of the molecule is C=CC[N+](CC)(CC)CCNC(=O)c1c(O)c2ccccc2n(CCC)c1=O.[I-]. The molecule has 0 fully saturated rings. The van der Waals surface area contributed by atoms with Crippen LogP contribution in [-0.2, 0) is 6.54 Å². The summed E-state index contributed by atoms with van der Waals surface area (Å²) in [6.45, 7) is 14.4. The molecule has 6 nitrogen and oxygen atoms in total. The number of pyridine rings is 1. The van der Waals surface area contributed by atoms with Crippen molar-refractivity contribution >= 4 is 16.8 Å². The molecule has 0 atom stereocenters. The normalized spacial score (nSPS) is 11.1. The van der Waals surface area contributed by atoms with Crippen molar-refractivity contribution in [2.24, 2.45) is 0 Å². The van der Waals surface area contributed by atoms with Gasteiger partial charge in [0.1, 0.15) is 11.3 Å². The maximum absolute atomic E-state index is 12.9. The maximum Gasteiger partial charge on any atom is 0.267 e. The number of halogens is 1. The highest BCUT2D eigenvalue weighted by Gasteiger charge is 2.24. The van der Waals surface area contributed by atoms with Crippen LogP contribution >= 0.6 is 0 Å². The second-order valence-electron chi connectivity index (χ2n) is 7.12. The van der Waals surface area contributed by atoms with Gasteiger partial charge in [0.25, 0.3) is 11.5 Å². The fourth-order valence-electron chi connectivity index (χ4n) is 3.70. The molecule has 7 heteroatoms. The van der Waals surface area contributed by atoms with Crippen LogP contribution in [0.2, 0.25) is 0 Å². The minimum absolute atomic E-state index is 0. The number of aryl methyl sites for hydroxylation is 1. The lowest BCUT2D eigenvalue weighted by Gasteiger charge is -2.35. The number of likely N-dealkylation sites (N-methyl/N-ethyl adjacent to an activating group) is 1. The summed E-state index contributed by atoms with van der Waals surface area (Å²) in [6, 6.07) is 7.12. The van der Waals surface area contributed by atoms with E-state index in [1.54, 1.807) is 22.8 Å². The molecule has 0 saturated heterocycles. The molecule has 0 radical (unpaired) electrons. The quantitative estimate of drug-likeness (QED) is 0.265. The van der Waals surface area contributed by atoms with Crippen molar-refractivity contribution in [1.82, 2.24) is 9.88 Å². The molecule has 160 valence electrons. The lowest BCUT2D eigenvalue weighted by molar-refractivity contribution is -0.918. The Labute approximate surface area is 189 Å². The number of nitrogens with one attached hydrogen (secondary N) is 1. The first-order chi connectivity index (χ1) is 13.4. The summed E-state index contributed by atoms with van der Waals surface area (Å²) in [6.07, 6.45) is 2.65. The molecule has 1 aromatic heterocycles. The molecule has 1 amide bonds. The number of carbonyl (C=O) groups excluding carboxylic acids is 1. The van der Waals surface area contributed by atoms with Gasteiger partial charge < -0.3 is 43.5 Å². The van der Waals surface area contributed by atoms with E-state index in [2.05, 4.69) is 25.7 Å². The molecule has 2 N–H and O–H groups in total. The fraction of sp³-hybridized carbons (Fsp3) is 0.455. The van der Waals surface area contributed by atoms with E-state index in [1.807, 2.05) is 19.1 Å². The largest absolute Gasteiger partial charge is 1.00 e. The van der Waals surface area contributed by atoms with Gasteiger partial charge in [-0.05, 0) is 38.5 Å². The number of quaternary nitrogens is 1. The zero-order chi connectivity index (χ0) is 20.7. The molecule has 2 rings (SSSR count). The van der Waals surface area contributed by atoms with E-state index in [1.165, 1.54) is 0 Å². The first-order valence-corrected chi connectivity index (χ1v) is 10.0. The molecule has 0 unspecified atom stereocenters. The number of carbonyl (C=O) groups is 1. The van der Waals surface area contributed by atoms with Crippen LogP contribution in [0, 0.1) is 0 Å². The molecule has 0 aliphatic carbocycles. The van der Waals surface area contributed by atoms with Crippen LogP contribution in [-0.4, -0.2) is 52.8 Å².